The molecule has 2 aromatic rings. The number of aryl methyl sites for hydroxylation is 1. The molecule has 92 valence electrons. The van der Waals surface area contributed by atoms with Gasteiger partial charge in [0, 0.05) is 12.0 Å². The van der Waals surface area contributed by atoms with Gasteiger partial charge in [0.2, 0.25) is 0 Å². The van der Waals surface area contributed by atoms with Gasteiger partial charge in [-0.1, -0.05) is 6.07 Å². The molecule has 0 fully saturated rings. The van der Waals surface area contributed by atoms with Crippen LogP contribution in [0.5, 0.6) is 0 Å². The molecule has 2 rings (SSSR count). The van der Waals surface area contributed by atoms with E-state index >= 15 is 0 Å². The summed E-state index contributed by atoms with van der Waals surface area (Å²) in [7, 11) is 0. The van der Waals surface area contributed by atoms with Crippen molar-refractivity contribution in [1.29, 1.82) is 0 Å². The van der Waals surface area contributed by atoms with E-state index in [0.29, 0.717) is 5.56 Å². The largest absolute Gasteiger partial charge is 0.294 e. The fourth-order valence-electron chi connectivity index (χ4n) is 1.77. The Morgan fingerprint density at radius 2 is 1.61 bits per heavy atom. The average Bonchev–Trinajstić information content (AvgIpc) is 2.33. The number of halogens is 2. The zero-order valence-corrected chi connectivity index (χ0v) is 9.91. The third-order valence-electron chi connectivity index (χ3n) is 2.82. The van der Waals surface area contributed by atoms with Gasteiger partial charge < -0.3 is 0 Å². The van der Waals surface area contributed by atoms with E-state index in [1.54, 1.807) is 13.0 Å². The minimum absolute atomic E-state index is 0.107. The van der Waals surface area contributed by atoms with Crippen LogP contribution in [0.1, 0.15) is 21.5 Å². The normalized spacial score (nSPS) is 10.4. The maximum atomic E-state index is 12.9. The first kappa shape index (κ1) is 12.4. The number of ketones is 1. The topological polar surface area (TPSA) is 17.1 Å². The van der Waals surface area contributed by atoms with E-state index in [1.165, 1.54) is 36.4 Å². The lowest BCUT2D eigenvalue weighted by Crippen LogP contribution is -2.05. The lowest BCUT2D eigenvalue weighted by Gasteiger charge is -2.05. The zero-order valence-electron chi connectivity index (χ0n) is 9.91. The molecule has 0 unspecified atom stereocenters. The van der Waals surface area contributed by atoms with Crippen LogP contribution in [0.3, 0.4) is 0 Å². The van der Waals surface area contributed by atoms with E-state index in [1.807, 2.05) is 0 Å². The first-order valence-electron chi connectivity index (χ1n) is 5.60. The Hall–Kier alpha value is -2.03. The van der Waals surface area contributed by atoms with Gasteiger partial charge in [0.15, 0.2) is 5.78 Å². The molecule has 0 aliphatic rings. The fourth-order valence-corrected chi connectivity index (χ4v) is 1.77. The molecular weight excluding hydrogens is 234 g/mol. The van der Waals surface area contributed by atoms with E-state index in [9.17, 15) is 13.6 Å². The standard InChI is InChI=1S/C15H12F2O/c1-10-8-14(17)7-4-12(10)9-15(18)11-2-5-13(16)6-3-11/h2-8H,9H2,1H3. The summed E-state index contributed by atoms with van der Waals surface area (Å²) in [6, 6.07) is 9.75. The summed E-state index contributed by atoms with van der Waals surface area (Å²) in [6.07, 6.45) is 0.192. The smallest absolute Gasteiger partial charge is 0.167 e. The number of hydrogen-bond donors (Lipinski definition) is 0. The van der Waals surface area contributed by atoms with Crippen molar-refractivity contribution in [2.45, 2.75) is 13.3 Å². The summed E-state index contributed by atoms with van der Waals surface area (Å²) in [4.78, 5) is 11.9. The van der Waals surface area contributed by atoms with Crippen molar-refractivity contribution in [2.75, 3.05) is 0 Å². The molecule has 0 spiro atoms. The van der Waals surface area contributed by atoms with Crippen LogP contribution < -0.4 is 0 Å². The van der Waals surface area contributed by atoms with Crippen molar-refractivity contribution < 1.29 is 13.6 Å². The number of carbonyl (C=O) groups is 1. The van der Waals surface area contributed by atoms with Gasteiger partial charge in [-0.25, -0.2) is 8.78 Å². The molecule has 18 heavy (non-hydrogen) atoms. The number of rotatable bonds is 3. The van der Waals surface area contributed by atoms with Crippen molar-refractivity contribution in [3.05, 3.63) is 70.8 Å². The second-order valence-electron chi connectivity index (χ2n) is 4.18. The Morgan fingerprint density at radius 1 is 1.00 bits per heavy atom. The first-order valence-corrected chi connectivity index (χ1v) is 5.60. The summed E-state index contributed by atoms with van der Waals surface area (Å²) >= 11 is 0. The van der Waals surface area contributed by atoms with Crippen LogP contribution in [0.25, 0.3) is 0 Å². The van der Waals surface area contributed by atoms with Gasteiger partial charge in [0.05, 0.1) is 0 Å². The molecule has 0 heterocycles. The van der Waals surface area contributed by atoms with Crippen LogP contribution in [0, 0.1) is 18.6 Å². The van der Waals surface area contributed by atoms with Gasteiger partial charge in [0.25, 0.3) is 0 Å². The third kappa shape index (κ3) is 2.80. The summed E-state index contributed by atoms with van der Waals surface area (Å²) < 4.78 is 25.7. The summed E-state index contributed by atoms with van der Waals surface area (Å²) in [5.41, 5.74) is 1.98. The molecule has 0 bridgehead atoms. The SMILES string of the molecule is Cc1cc(F)ccc1CC(=O)c1ccc(F)cc1. The van der Waals surface area contributed by atoms with Gasteiger partial charge in [-0.15, -0.1) is 0 Å². The van der Waals surface area contributed by atoms with Gasteiger partial charge in [0.1, 0.15) is 11.6 Å². The van der Waals surface area contributed by atoms with E-state index in [2.05, 4.69) is 0 Å². The number of carbonyl (C=O) groups excluding carboxylic acids is 1. The quantitative estimate of drug-likeness (QED) is 0.755. The van der Waals surface area contributed by atoms with Gasteiger partial charge in [-0.2, -0.15) is 0 Å². The molecule has 3 heteroatoms. The van der Waals surface area contributed by atoms with Crippen LogP contribution in [-0.4, -0.2) is 5.78 Å². The van der Waals surface area contributed by atoms with Crippen LogP contribution in [-0.2, 0) is 6.42 Å². The van der Waals surface area contributed by atoms with Gasteiger partial charge in [-0.3, -0.25) is 4.79 Å². The second kappa shape index (κ2) is 5.08. The molecule has 0 saturated heterocycles. The average molecular weight is 246 g/mol. The highest BCUT2D eigenvalue weighted by Gasteiger charge is 2.09. The summed E-state index contributed by atoms with van der Waals surface area (Å²) in [5.74, 6) is -0.792. The van der Waals surface area contributed by atoms with Crippen molar-refractivity contribution in [2.24, 2.45) is 0 Å². The molecule has 0 aliphatic carbocycles. The van der Waals surface area contributed by atoms with Crippen molar-refractivity contribution in [3.8, 4) is 0 Å². The lowest BCUT2D eigenvalue weighted by atomic mass is 9.99. The Morgan fingerprint density at radius 3 is 2.22 bits per heavy atom. The zero-order chi connectivity index (χ0) is 13.1. The Bertz CT molecular complexity index is 574. The van der Waals surface area contributed by atoms with Crippen LogP contribution in [0.2, 0.25) is 0 Å². The first-order chi connectivity index (χ1) is 8.56. The molecule has 0 aromatic heterocycles. The van der Waals surface area contributed by atoms with Crippen LogP contribution in [0.4, 0.5) is 8.78 Å². The number of hydrogen-bond acceptors (Lipinski definition) is 1. The summed E-state index contributed by atoms with van der Waals surface area (Å²) in [5, 5.41) is 0. The predicted octanol–water partition coefficient (Wildman–Crippen LogP) is 3.70. The molecular formula is C15H12F2O. The third-order valence-corrected chi connectivity index (χ3v) is 2.82. The number of Topliss-reactive ketones (excluding diaryl/α,β-unsaturated/α-hetero) is 1. The van der Waals surface area contributed by atoms with Crippen LogP contribution in [0.15, 0.2) is 42.5 Å². The Kier molecular flexibility index (Phi) is 3.51. The number of benzene rings is 2. The molecule has 0 aliphatic heterocycles. The molecule has 0 amide bonds. The van der Waals surface area contributed by atoms with E-state index in [-0.39, 0.29) is 23.8 Å². The maximum absolute atomic E-state index is 12.9. The van der Waals surface area contributed by atoms with Gasteiger partial charge in [-0.05, 0) is 54.4 Å². The van der Waals surface area contributed by atoms with Crippen molar-refractivity contribution >= 4 is 5.78 Å². The highest BCUT2D eigenvalue weighted by molar-refractivity contribution is 5.97. The van der Waals surface area contributed by atoms with Crippen LogP contribution >= 0.6 is 0 Å². The molecule has 0 atom stereocenters. The lowest BCUT2D eigenvalue weighted by molar-refractivity contribution is 0.0992. The Balaban J connectivity index is 2.18. The predicted molar refractivity (Wildman–Crippen MR) is 65.6 cm³/mol. The maximum Gasteiger partial charge on any atom is 0.167 e. The van der Waals surface area contributed by atoms with E-state index in [0.717, 1.165) is 11.1 Å². The van der Waals surface area contributed by atoms with E-state index < -0.39 is 0 Å². The van der Waals surface area contributed by atoms with E-state index in [4.69, 9.17) is 0 Å². The molecule has 0 radical (unpaired) electrons. The highest BCUT2D eigenvalue weighted by Crippen LogP contribution is 2.14. The molecule has 0 saturated carbocycles. The van der Waals surface area contributed by atoms with Crippen molar-refractivity contribution in [3.63, 3.8) is 0 Å². The minimum Gasteiger partial charge on any atom is -0.294 e. The Labute approximate surface area is 104 Å². The minimum atomic E-state index is -0.371. The molecule has 2 aromatic carbocycles. The summed E-state index contributed by atoms with van der Waals surface area (Å²) in [6.45, 7) is 1.76. The molecule has 1 nitrogen and oxygen atoms in total. The second-order valence-corrected chi connectivity index (χ2v) is 4.18. The molecule has 0 N–H and O–H groups in total. The van der Waals surface area contributed by atoms with Crippen molar-refractivity contribution in [1.82, 2.24) is 0 Å². The monoisotopic (exact) mass is 246 g/mol. The van der Waals surface area contributed by atoms with Gasteiger partial charge >= 0.3 is 0 Å². The highest BCUT2D eigenvalue weighted by atomic mass is 19.1. The fraction of sp³-hybridized carbons (Fsp3) is 0.133.